The van der Waals surface area contributed by atoms with Gasteiger partial charge in [0.2, 0.25) is 0 Å². The number of hydrogen-bond donors (Lipinski definition) is 1. The highest BCUT2D eigenvalue weighted by Crippen LogP contribution is 2.12. The molecule has 0 aliphatic rings. The summed E-state index contributed by atoms with van der Waals surface area (Å²) in [5.74, 6) is -0.936. The van der Waals surface area contributed by atoms with E-state index in [-0.39, 0.29) is 18.6 Å². The quantitative estimate of drug-likeness (QED) is 0.588. The number of esters is 1. The van der Waals surface area contributed by atoms with Gasteiger partial charge in [0.15, 0.2) is 0 Å². The van der Waals surface area contributed by atoms with Crippen LogP contribution in [-0.4, -0.2) is 34.7 Å². The average Bonchev–Trinajstić information content (AvgIpc) is 2.43. The minimum atomic E-state index is -0.950. The first-order valence-electron chi connectivity index (χ1n) is 7.74. The third-order valence-corrected chi connectivity index (χ3v) is 3.10. The first kappa shape index (κ1) is 19.3. The summed E-state index contributed by atoms with van der Waals surface area (Å²) in [5, 5.41) is 10.0. The number of hydrogen-bond acceptors (Lipinski definition) is 5. The Hall–Kier alpha value is -1.72. The molecule has 5 heteroatoms. The highest BCUT2D eigenvalue weighted by Gasteiger charge is 2.23. The van der Waals surface area contributed by atoms with Gasteiger partial charge in [-0.05, 0) is 33.3 Å². The molecule has 0 aliphatic carbocycles. The van der Waals surface area contributed by atoms with Gasteiger partial charge in [-0.1, -0.05) is 30.3 Å². The molecule has 0 saturated heterocycles. The van der Waals surface area contributed by atoms with Crippen LogP contribution in [0.1, 0.15) is 46.1 Å². The Morgan fingerprint density at radius 3 is 2.35 bits per heavy atom. The van der Waals surface area contributed by atoms with Crippen LogP contribution in [0.4, 0.5) is 0 Å². The summed E-state index contributed by atoms with van der Waals surface area (Å²) in [4.78, 5) is 23.4. The Balaban J connectivity index is 2.35. The Kier molecular flexibility index (Phi) is 7.39. The number of Topliss-reactive ketones (excluding diaryl/α,β-unsaturated/α-hetero) is 1. The highest BCUT2D eigenvalue weighted by atomic mass is 16.6. The zero-order chi connectivity index (χ0) is 17.5. The molecule has 0 saturated carbocycles. The first-order chi connectivity index (χ1) is 10.7. The molecule has 1 aromatic rings. The van der Waals surface area contributed by atoms with Gasteiger partial charge in [-0.25, -0.2) is 0 Å². The maximum absolute atomic E-state index is 11.8. The summed E-state index contributed by atoms with van der Waals surface area (Å²) in [5.41, 5.74) is 0.369. The minimum Gasteiger partial charge on any atom is -0.460 e. The van der Waals surface area contributed by atoms with Gasteiger partial charge >= 0.3 is 5.97 Å². The minimum absolute atomic E-state index is 0.130. The third-order valence-electron chi connectivity index (χ3n) is 3.10. The van der Waals surface area contributed by atoms with Gasteiger partial charge in [0.05, 0.1) is 18.8 Å². The second kappa shape index (κ2) is 8.79. The molecule has 0 radical (unpaired) electrons. The van der Waals surface area contributed by atoms with Crippen LogP contribution in [0.2, 0.25) is 0 Å². The molecule has 1 aromatic carbocycles. The Morgan fingerprint density at radius 2 is 1.78 bits per heavy atom. The van der Waals surface area contributed by atoms with Crippen molar-refractivity contribution in [3.05, 3.63) is 35.9 Å². The average molecular weight is 322 g/mol. The molecule has 0 amide bonds. The fraction of sp³-hybridized carbons (Fsp3) is 0.556. The van der Waals surface area contributed by atoms with Crippen LogP contribution in [0.5, 0.6) is 0 Å². The largest absolute Gasteiger partial charge is 0.460 e. The predicted molar refractivity (Wildman–Crippen MR) is 86.8 cm³/mol. The second-order valence-corrected chi connectivity index (χ2v) is 6.58. The Bertz CT molecular complexity index is 504. The van der Waals surface area contributed by atoms with Crippen LogP contribution in [-0.2, 0) is 25.7 Å². The van der Waals surface area contributed by atoms with Gasteiger partial charge < -0.3 is 14.6 Å². The monoisotopic (exact) mass is 322 g/mol. The van der Waals surface area contributed by atoms with Crippen LogP contribution in [0.25, 0.3) is 0 Å². The lowest BCUT2D eigenvalue weighted by molar-refractivity contribution is -0.156. The van der Waals surface area contributed by atoms with Crippen molar-refractivity contribution in [3.8, 4) is 0 Å². The van der Waals surface area contributed by atoms with Gasteiger partial charge in [0, 0.05) is 6.42 Å². The zero-order valence-corrected chi connectivity index (χ0v) is 14.2. The van der Waals surface area contributed by atoms with E-state index < -0.39 is 23.8 Å². The summed E-state index contributed by atoms with van der Waals surface area (Å²) in [6.45, 7) is 7.28. The number of rotatable bonds is 8. The van der Waals surface area contributed by atoms with Crippen molar-refractivity contribution >= 4 is 11.8 Å². The maximum Gasteiger partial charge on any atom is 0.313 e. The van der Waals surface area contributed by atoms with Crippen LogP contribution in [0.15, 0.2) is 30.3 Å². The van der Waals surface area contributed by atoms with E-state index in [1.165, 1.54) is 0 Å². The lowest BCUT2D eigenvalue weighted by atomic mass is 10.1. The van der Waals surface area contributed by atoms with Crippen molar-refractivity contribution in [3.63, 3.8) is 0 Å². The molecule has 0 aromatic heterocycles. The Labute approximate surface area is 137 Å². The van der Waals surface area contributed by atoms with E-state index in [0.29, 0.717) is 6.61 Å². The lowest BCUT2D eigenvalue weighted by Gasteiger charge is -2.21. The standard InChI is InChI=1S/C18H26O5/c1-13(22-12-14-8-6-5-7-9-14)16(20)10-15(19)11-17(21)23-18(2,3)4/h5-9,13,16,20H,10-12H2,1-4H3/t13-,16-/m1/s1. The number of aliphatic hydroxyl groups is 1. The molecular formula is C18H26O5. The summed E-state index contributed by atoms with van der Waals surface area (Å²) in [6.07, 6.45) is -1.92. The van der Waals surface area contributed by atoms with Crippen LogP contribution < -0.4 is 0 Å². The van der Waals surface area contributed by atoms with Crippen molar-refractivity contribution < 1.29 is 24.2 Å². The number of carbonyl (C=O) groups excluding carboxylic acids is 2. The number of aliphatic hydroxyl groups excluding tert-OH is 1. The maximum atomic E-state index is 11.8. The van der Waals surface area contributed by atoms with E-state index in [1.54, 1.807) is 27.7 Å². The fourth-order valence-corrected chi connectivity index (χ4v) is 1.92. The fourth-order valence-electron chi connectivity index (χ4n) is 1.92. The zero-order valence-electron chi connectivity index (χ0n) is 14.2. The van der Waals surface area contributed by atoms with E-state index in [2.05, 4.69) is 0 Å². The van der Waals surface area contributed by atoms with E-state index in [1.807, 2.05) is 30.3 Å². The molecule has 23 heavy (non-hydrogen) atoms. The molecule has 0 heterocycles. The van der Waals surface area contributed by atoms with Crippen LogP contribution in [0, 0.1) is 0 Å². The first-order valence-corrected chi connectivity index (χ1v) is 7.74. The molecular weight excluding hydrogens is 296 g/mol. The van der Waals surface area contributed by atoms with E-state index in [4.69, 9.17) is 9.47 Å². The van der Waals surface area contributed by atoms with Crippen LogP contribution in [0.3, 0.4) is 0 Å². The molecule has 1 rings (SSSR count). The van der Waals surface area contributed by atoms with Crippen LogP contribution >= 0.6 is 0 Å². The summed E-state index contributed by atoms with van der Waals surface area (Å²) < 4.78 is 10.6. The second-order valence-electron chi connectivity index (χ2n) is 6.58. The molecule has 5 nitrogen and oxygen atoms in total. The van der Waals surface area contributed by atoms with Gasteiger partial charge in [0.25, 0.3) is 0 Å². The molecule has 0 spiro atoms. The van der Waals surface area contributed by atoms with Crippen molar-refractivity contribution in [2.24, 2.45) is 0 Å². The summed E-state index contributed by atoms with van der Waals surface area (Å²) in [7, 11) is 0. The van der Waals surface area contributed by atoms with Crippen molar-refractivity contribution in [1.82, 2.24) is 0 Å². The van der Waals surface area contributed by atoms with Gasteiger partial charge in [0.1, 0.15) is 17.8 Å². The molecule has 0 fully saturated rings. The summed E-state index contributed by atoms with van der Waals surface area (Å²) >= 11 is 0. The van der Waals surface area contributed by atoms with Crippen molar-refractivity contribution in [2.75, 3.05) is 0 Å². The Morgan fingerprint density at radius 1 is 1.17 bits per heavy atom. The number of ketones is 1. The highest BCUT2D eigenvalue weighted by molar-refractivity contribution is 5.95. The molecule has 0 bridgehead atoms. The van der Waals surface area contributed by atoms with E-state index in [0.717, 1.165) is 5.56 Å². The number of carbonyl (C=O) groups is 2. The predicted octanol–water partition coefficient (Wildman–Crippen LogP) is 2.64. The molecule has 0 unspecified atom stereocenters. The topological polar surface area (TPSA) is 72.8 Å². The SMILES string of the molecule is C[C@@H](OCc1ccccc1)[C@H](O)CC(=O)CC(=O)OC(C)(C)C. The number of ether oxygens (including phenoxy) is 2. The molecule has 0 aliphatic heterocycles. The summed E-state index contributed by atoms with van der Waals surface area (Å²) in [6, 6.07) is 9.57. The van der Waals surface area contributed by atoms with E-state index in [9.17, 15) is 14.7 Å². The van der Waals surface area contributed by atoms with E-state index >= 15 is 0 Å². The van der Waals surface area contributed by atoms with Gasteiger partial charge in [-0.2, -0.15) is 0 Å². The lowest BCUT2D eigenvalue weighted by Crippen LogP contribution is -2.30. The van der Waals surface area contributed by atoms with Crippen molar-refractivity contribution in [1.29, 1.82) is 0 Å². The molecule has 1 N–H and O–H groups in total. The molecule has 128 valence electrons. The normalized spacial score (nSPS) is 14.1. The smallest absolute Gasteiger partial charge is 0.313 e. The van der Waals surface area contributed by atoms with Gasteiger partial charge in [-0.3, -0.25) is 9.59 Å². The third kappa shape index (κ3) is 8.47. The molecule has 2 atom stereocenters. The van der Waals surface area contributed by atoms with Gasteiger partial charge in [-0.15, -0.1) is 0 Å². The van der Waals surface area contributed by atoms with Crippen molar-refractivity contribution in [2.45, 2.75) is 65.0 Å². The number of benzene rings is 1.